The van der Waals surface area contributed by atoms with E-state index in [1.165, 1.54) is 6.26 Å². The largest absolute Gasteiger partial charge is 0.364 e. The van der Waals surface area contributed by atoms with Gasteiger partial charge in [-0.1, -0.05) is 5.16 Å². The van der Waals surface area contributed by atoms with Crippen molar-refractivity contribution in [2.45, 2.75) is 6.92 Å². The predicted octanol–water partition coefficient (Wildman–Crippen LogP) is 1.44. The molecule has 2 aromatic heterocycles. The van der Waals surface area contributed by atoms with Crippen LogP contribution in [-0.4, -0.2) is 15.1 Å². The highest BCUT2D eigenvalue weighted by Crippen LogP contribution is 2.13. The molecule has 0 atom stereocenters. The molecule has 0 saturated carbocycles. The van der Waals surface area contributed by atoms with E-state index >= 15 is 0 Å². The minimum absolute atomic E-state index is 0.752. The van der Waals surface area contributed by atoms with Crippen molar-refractivity contribution < 1.29 is 4.52 Å². The van der Waals surface area contributed by atoms with Crippen LogP contribution in [0.2, 0.25) is 0 Å². The third kappa shape index (κ3) is 1.18. The molecule has 2 heterocycles. The van der Waals surface area contributed by atoms with E-state index in [1.54, 1.807) is 18.5 Å². The lowest BCUT2D eigenvalue weighted by atomic mass is 10.2. The summed E-state index contributed by atoms with van der Waals surface area (Å²) in [6.07, 6.45) is 4.97. The van der Waals surface area contributed by atoms with Gasteiger partial charge in [0, 0.05) is 24.0 Å². The van der Waals surface area contributed by atoms with Crippen LogP contribution in [0.25, 0.3) is 11.3 Å². The number of hydrogen-bond acceptors (Lipinski definition) is 4. The first-order valence-electron chi connectivity index (χ1n) is 3.55. The maximum absolute atomic E-state index is 4.69. The fraction of sp³-hybridized carbons (Fsp3) is 0.125. The summed E-state index contributed by atoms with van der Waals surface area (Å²) in [4.78, 5) is 8.08. The van der Waals surface area contributed by atoms with Crippen molar-refractivity contribution in [3.8, 4) is 11.3 Å². The molecule has 12 heavy (non-hydrogen) atoms. The molecule has 0 fully saturated rings. The summed E-state index contributed by atoms with van der Waals surface area (Å²) in [5.74, 6) is 0.752. The fourth-order valence-electron chi connectivity index (χ4n) is 0.886. The number of rotatable bonds is 1. The molecule has 2 aromatic rings. The van der Waals surface area contributed by atoms with Gasteiger partial charge < -0.3 is 4.52 Å². The first-order chi connectivity index (χ1) is 5.86. The second-order valence-electron chi connectivity index (χ2n) is 2.40. The van der Waals surface area contributed by atoms with Gasteiger partial charge in [-0.05, 0) is 6.92 Å². The van der Waals surface area contributed by atoms with Gasteiger partial charge in [-0.3, -0.25) is 0 Å². The number of aromatic nitrogens is 3. The Morgan fingerprint density at radius 2 is 2.00 bits per heavy atom. The molecule has 0 saturated heterocycles. The molecule has 0 spiro atoms. The third-order valence-corrected chi connectivity index (χ3v) is 1.51. The molecule has 0 aliphatic heterocycles. The van der Waals surface area contributed by atoms with Crippen molar-refractivity contribution in [1.29, 1.82) is 0 Å². The van der Waals surface area contributed by atoms with Gasteiger partial charge in [0.25, 0.3) is 0 Å². The van der Waals surface area contributed by atoms with Gasteiger partial charge in [0.1, 0.15) is 17.8 Å². The van der Waals surface area contributed by atoms with Crippen LogP contribution in [0.3, 0.4) is 0 Å². The molecule has 60 valence electrons. The van der Waals surface area contributed by atoms with E-state index in [4.69, 9.17) is 4.52 Å². The highest BCUT2D eigenvalue weighted by molar-refractivity contribution is 5.54. The van der Waals surface area contributed by atoms with E-state index < -0.39 is 0 Å². The summed E-state index contributed by atoms with van der Waals surface area (Å²) in [5, 5.41) is 3.76. The van der Waals surface area contributed by atoms with Crippen LogP contribution >= 0.6 is 0 Å². The highest BCUT2D eigenvalue weighted by atomic mass is 16.5. The van der Waals surface area contributed by atoms with E-state index in [2.05, 4.69) is 15.1 Å². The Labute approximate surface area is 69.3 Å². The van der Waals surface area contributed by atoms with Gasteiger partial charge in [-0.15, -0.1) is 0 Å². The summed E-state index contributed by atoms with van der Waals surface area (Å²) >= 11 is 0. The average molecular weight is 161 g/mol. The SMILES string of the molecule is Cc1ncc(-c2ccon2)cn1. The topological polar surface area (TPSA) is 51.8 Å². The minimum atomic E-state index is 0.752. The van der Waals surface area contributed by atoms with Crippen LogP contribution in [0.1, 0.15) is 5.82 Å². The number of nitrogens with zero attached hydrogens (tertiary/aromatic N) is 3. The summed E-state index contributed by atoms with van der Waals surface area (Å²) in [6.45, 7) is 1.84. The highest BCUT2D eigenvalue weighted by Gasteiger charge is 2.00. The Balaban J connectivity index is 2.43. The Morgan fingerprint density at radius 1 is 1.25 bits per heavy atom. The van der Waals surface area contributed by atoms with Crippen LogP contribution in [0, 0.1) is 6.92 Å². The smallest absolute Gasteiger partial charge is 0.125 e. The van der Waals surface area contributed by atoms with Gasteiger partial charge >= 0.3 is 0 Å². The molecular formula is C8H7N3O. The van der Waals surface area contributed by atoms with Crippen molar-refractivity contribution in [3.63, 3.8) is 0 Å². The summed E-state index contributed by atoms with van der Waals surface area (Å²) in [6, 6.07) is 1.77. The molecule has 0 amide bonds. The van der Waals surface area contributed by atoms with E-state index in [-0.39, 0.29) is 0 Å². The molecule has 0 bridgehead atoms. The van der Waals surface area contributed by atoms with Gasteiger partial charge in [-0.2, -0.15) is 0 Å². The summed E-state index contributed by atoms with van der Waals surface area (Å²) in [7, 11) is 0. The Hall–Kier alpha value is -1.71. The van der Waals surface area contributed by atoms with Crippen LogP contribution in [0.4, 0.5) is 0 Å². The Morgan fingerprint density at radius 3 is 2.58 bits per heavy atom. The van der Waals surface area contributed by atoms with Crippen LogP contribution in [0.15, 0.2) is 29.2 Å². The van der Waals surface area contributed by atoms with E-state index in [0.29, 0.717) is 0 Å². The average Bonchev–Trinajstić information content (AvgIpc) is 2.58. The molecule has 4 nitrogen and oxygen atoms in total. The van der Waals surface area contributed by atoms with Gasteiger partial charge in [0.2, 0.25) is 0 Å². The standard InChI is InChI=1S/C8H7N3O/c1-6-9-4-7(5-10-6)8-2-3-12-11-8/h2-5H,1H3. The summed E-state index contributed by atoms with van der Waals surface area (Å²) in [5.41, 5.74) is 1.63. The summed E-state index contributed by atoms with van der Waals surface area (Å²) < 4.78 is 4.69. The van der Waals surface area contributed by atoms with Gasteiger partial charge in [0.05, 0.1) is 0 Å². The minimum Gasteiger partial charge on any atom is -0.364 e. The fourth-order valence-corrected chi connectivity index (χ4v) is 0.886. The number of aryl methyl sites for hydroxylation is 1. The molecule has 2 rings (SSSR count). The molecular weight excluding hydrogens is 154 g/mol. The number of hydrogen-bond donors (Lipinski definition) is 0. The van der Waals surface area contributed by atoms with Crippen molar-refractivity contribution in [3.05, 3.63) is 30.5 Å². The second-order valence-corrected chi connectivity index (χ2v) is 2.40. The van der Waals surface area contributed by atoms with Crippen LogP contribution < -0.4 is 0 Å². The maximum Gasteiger partial charge on any atom is 0.125 e. The lowest BCUT2D eigenvalue weighted by molar-refractivity contribution is 0.422. The third-order valence-electron chi connectivity index (χ3n) is 1.51. The molecule has 0 radical (unpaired) electrons. The Bertz CT molecular complexity index is 352. The first kappa shape index (κ1) is 6.97. The van der Waals surface area contributed by atoms with Gasteiger partial charge in [-0.25, -0.2) is 9.97 Å². The Kier molecular flexibility index (Phi) is 1.59. The van der Waals surface area contributed by atoms with Crippen molar-refractivity contribution in [2.75, 3.05) is 0 Å². The second kappa shape index (κ2) is 2.73. The lowest BCUT2D eigenvalue weighted by Gasteiger charge is -1.93. The monoisotopic (exact) mass is 161 g/mol. The molecule has 0 aromatic carbocycles. The van der Waals surface area contributed by atoms with E-state index in [1.807, 2.05) is 6.92 Å². The zero-order valence-electron chi connectivity index (χ0n) is 6.56. The van der Waals surface area contributed by atoms with Gasteiger partial charge in [0.15, 0.2) is 0 Å². The van der Waals surface area contributed by atoms with Crippen molar-refractivity contribution >= 4 is 0 Å². The van der Waals surface area contributed by atoms with Crippen LogP contribution in [-0.2, 0) is 0 Å². The molecule has 4 heteroatoms. The predicted molar refractivity (Wildman–Crippen MR) is 42.3 cm³/mol. The van der Waals surface area contributed by atoms with Crippen molar-refractivity contribution in [1.82, 2.24) is 15.1 Å². The quantitative estimate of drug-likeness (QED) is 0.635. The molecule has 0 aliphatic carbocycles. The normalized spacial score (nSPS) is 10.1. The molecule has 0 unspecified atom stereocenters. The van der Waals surface area contributed by atoms with Crippen LogP contribution in [0.5, 0.6) is 0 Å². The van der Waals surface area contributed by atoms with E-state index in [0.717, 1.165) is 17.1 Å². The molecule has 0 N–H and O–H groups in total. The molecule has 0 aliphatic rings. The van der Waals surface area contributed by atoms with E-state index in [9.17, 15) is 0 Å². The first-order valence-corrected chi connectivity index (χ1v) is 3.55. The van der Waals surface area contributed by atoms with Crippen molar-refractivity contribution in [2.24, 2.45) is 0 Å². The lowest BCUT2D eigenvalue weighted by Crippen LogP contribution is -1.87. The maximum atomic E-state index is 4.69. The zero-order valence-corrected chi connectivity index (χ0v) is 6.56. The zero-order chi connectivity index (χ0) is 8.39.